The first-order valence-corrected chi connectivity index (χ1v) is 7.04. The smallest absolute Gasteiger partial charge is 0.0953 e. The molecule has 2 rings (SSSR count). The fourth-order valence-electron chi connectivity index (χ4n) is 1.88. The lowest BCUT2D eigenvalue weighted by atomic mass is 10.1. The van der Waals surface area contributed by atoms with E-state index in [0.29, 0.717) is 11.4 Å². The minimum Gasteiger partial charge on any atom is -0.387 e. The topological polar surface area (TPSA) is 50.9 Å². The van der Waals surface area contributed by atoms with E-state index < -0.39 is 6.10 Å². The summed E-state index contributed by atoms with van der Waals surface area (Å²) in [7, 11) is 0. The van der Waals surface area contributed by atoms with Crippen molar-refractivity contribution in [2.75, 3.05) is 0 Å². The summed E-state index contributed by atoms with van der Waals surface area (Å²) in [6.45, 7) is 6.56. The number of aliphatic hydroxyl groups excluding tert-OH is 1. The maximum Gasteiger partial charge on any atom is 0.0953 e. The maximum absolute atomic E-state index is 10.2. The molecule has 0 radical (unpaired) electrons. The quantitative estimate of drug-likeness (QED) is 0.940. The Morgan fingerprint density at radius 3 is 2.78 bits per heavy atom. The third kappa shape index (κ3) is 2.58. The van der Waals surface area contributed by atoms with Crippen molar-refractivity contribution in [3.8, 4) is 0 Å². The molecule has 18 heavy (non-hydrogen) atoms. The Hall–Kier alpha value is -0.910. The average Bonchev–Trinajstić information content (AvgIpc) is 2.88. The fourth-order valence-corrected chi connectivity index (χ4v) is 2.86. The molecule has 0 aliphatic rings. The number of aryl methyl sites for hydroxylation is 3. The highest BCUT2D eigenvalue weighted by Gasteiger charge is 2.18. The lowest BCUT2D eigenvalue weighted by Crippen LogP contribution is -2.08. The van der Waals surface area contributed by atoms with Gasteiger partial charge in [0.1, 0.15) is 0 Å². The zero-order valence-corrected chi connectivity index (χ0v) is 12.2. The highest BCUT2D eigenvalue weighted by atomic mass is 35.5. The zero-order valence-electron chi connectivity index (χ0n) is 10.6. The molecule has 2 aromatic heterocycles. The van der Waals surface area contributed by atoms with Gasteiger partial charge in [0, 0.05) is 19.2 Å². The van der Waals surface area contributed by atoms with E-state index in [2.05, 4.69) is 10.1 Å². The molecular weight excluding hydrogens is 270 g/mol. The Kier molecular flexibility index (Phi) is 4.04. The third-order valence-electron chi connectivity index (χ3n) is 2.81. The summed E-state index contributed by atoms with van der Waals surface area (Å²) in [6.07, 6.45) is 1.61. The molecule has 4 nitrogen and oxygen atoms in total. The summed E-state index contributed by atoms with van der Waals surface area (Å²) >= 11 is 7.73. The van der Waals surface area contributed by atoms with E-state index in [9.17, 15) is 5.11 Å². The Bertz CT molecular complexity index is 550. The van der Waals surface area contributed by atoms with E-state index in [4.69, 9.17) is 11.6 Å². The first-order chi connectivity index (χ1) is 8.52. The van der Waals surface area contributed by atoms with Gasteiger partial charge >= 0.3 is 0 Å². The predicted octanol–water partition coefficient (Wildman–Crippen LogP) is 2.91. The Balaban J connectivity index is 2.23. The van der Waals surface area contributed by atoms with Crippen LogP contribution < -0.4 is 0 Å². The predicted molar refractivity (Wildman–Crippen MR) is 73.2 cm³/mol. The molecule has 1 atom stereocenters. The largest absolute Gasteiger partial charge is 0.387 e. The number of hydrogen-bond donors (Lipinski definition) is 1. The van der Waals surface area contributed by atoms with E-state index in [1.807, 2.05) is 25.5 Å². The first-order valence-electron chi connectivity index (χ1n) is 5.85. The van der Waals surface area contributed by atoms with E-state index in [-0.39, 0.29) is 0 Å². The Labute approximate surface area is 115 Å². The van der Waals surface area contributed by atoms with Gasteiger partial charge in [0.2, 0.25) is 0 Å². The molecule has 2 heterocycles. The van der Waals surface area contributed by atoms with Crippen LogP contribution in [0.15, 0.2) is 6.20 Å². The molecule has 0 aliphatic heterocycles. The van der Waals surface area contributed by atoms with Crippen LogP contribution in [0.2, 0.25) is 5.02 Å². The summed E-state index contributed by atoms with van der Waals surface area (Å²) < 4.78 is 1.84. The second-order valence-electron chi connectivity index (χ2n) is 4.16. The second-order valence-corrected chi connectivity index (χ2v) is 5.81. The van der Waals surface area contributed by atoms with Gasteiger partial charge < -0.3 is 5.11 Å². The van der Waals surface area contributed by atoms with Crippen molar-refractivity contribution in [3.05, 3.63) is 32.5 Å². The normalized spacial score (nSPS) is 12.9. The van der Waals surface area contributed by atoms with Crippen molar-refractivity contribution in [2.45, 2.75) is 39.8 Å². The number of halogens is 1. The molecule has 0 aliphatic carbocycles. The maximum atomic E-state index is 10.2. The summed E-state index contributed by atoms with van der Waals surface area (Å²) in [5.41, 5.74) is 1.69. The second kappa shape index (κ2) is 5.38. The van der Waals surface area contributed by atoms with Gasteiger partial charge in [-0.05, 0) is 20.8 Å². The van der Waals surface area contributed by atoms with Gasteiger partial charge in [-0.2, -0.15) is 5.10 Å². The number of hydrogen-bond acceptors (Lipinski definition) is 4. The van der Waals surface area contributed by atoms with E-state index in [1.54, 1.807) is 6.20 Å². The highest BCUT2D eigenvalue weighted by molar-refractivity contribution is 7.11. The van der Waals surface area contributed by atoms with E-state index >= 15 is 0 Å². The van der Waals surface area contributed by atoms with Crippen molar-refractivity contribution < 1.29 is 5.11 Å². The third-order valence-corrected chi connectivity index (χ3v) is 4.31. The molecule has 2 aromatic rings. The number of rotatable bonds is 4. The summed E-state index contributed by atoms with van der Waals surface area (Å²) in [4.78, 5) is 5.02. The molecule has 0 fully saturated rings. The van der Waals surface area contributed by atoms with Crippen LogP contribution >= 0.6 is 22.9 Å². The van der Waals surface area contributed by atoms with Crippen LogP contribution in [0.1, 0.15) is 34.3 Å². The minimum atomic E-state index is -0.574. The number of aliphatic hydroxyl groups is 1. The molecule has 0 aromatic carbocycles. The average molecular weight is 286 g/mol. The molecule has 1 unspecified atom stereocenters. The van der Waals surface area contributed by atoms with Crippen LogP contribution in [-0.4, -0.2) is 19.9 Å². The molecule has 0 saturated heterocycles. The standard InChI is InChI=1S/C12H16ClN3OS/c1-4-16-9(12(13)7(2)15-16)5-10(17)11-6-14-8(3)18-11/h6,10,17H,4-5H2,1-3H3. The zero-order chi connectivity index (χ0) is 13.3. The van der Waals surface area contributed by atoms with Crippen LogP contribution in [0.5, 0.6) is 0 Å². The van der Waals surface area contributed by atoms with Gasteiger partial charge in [-0.25, -0.2) is 4.98 Å². The van der Waals surface area contributed by atoms with Crippen molar-refractivity contribution in [1.82, 2.24) is 14.8 Å². The molecule has 0 amide bonds. The lowest BCUT2D eigenvalue weighted by molar-refractivity contribution is 0.179. The van der Waals surface area contributed by atoms with E-state index in [1.165, 1.54) is 11.3 Å². The Morgan fingerprint density at radius 2 is 2.22 bits per heavy atom. The summed E-state index contributed by atoms with van der Waals surface area (Å²) in [6, 6.07) is 0. The molecule has 0 saturated carbocycles. The minimum absolute atomic E-state index is 0.467. The monoisotopic (exact) mass is 285 g/mol. The Morgan fingerprint density at radius 1 is 1.50 bits per heavy atom. The van der Waals surface area contributed by atoms with Crippen LogP contribution in [0.4, 0.5) is 0 Å². The van der Waals surface area contributed by atoms with Crippen LogP contribution in [0, 0.1) is 13.8 Å². The van der Waals surface area contributed by atoms with Crippen LogP contribution in [-0.2, 0) is 13.0 Å². The molecule has 1 N–H and O–H groups in total. The lowest BCUT2D eigenvalue weighted by Gasteiger charge is -2.10. The molecule has 0 spiro atoms. The van der Waals surface area contributed by atoms with Crippen molar-refractivity contribution in [3.63, 3.8) is 0 Å². The van der Waals surface area contributed by atoms with Gasteiger partial charge in [0.05, 0.1) is 32.4 Å². The molecule has 0 bridgehead atoms. The van der Waals surface area contributed by atoms with Crippen molar-refractivity contribution in [1.29, 1.82) is 0 Å². The fraction of sp³-hybridized carbons (Fsp3) is 0.500. The molecular formula is C12H16ClN3OS. The molecule has 6 heteroatoms. The summed E-state index contributed by atoms with van der Waals surface area (Å²) in [5.74, 6) is 0. The number of thiazole rings is 1. The van der Waals surface area contributed by atoms with Crippen LogP contribution in [0.25, 0.3) is 0 Å². The van der Waals surface area contributed by atoms with Gasteiger partial charge in [0.25, 0.3) is 0 Å². The highest BCUT2D eigenvalue weighted by Crippen LogP contribution is 2.28. The first kappa shape index (κ1) is 13.5. The van der Waals surface area contributed by atoms with Crippen molar-refractivity contribution in [2.24, 2.45) is 0 Å². The van der Waals surface area contributed by atoms with Gasteiger partial charge in [-0.3, -0.25) is 4.68 Å². The number of aromatic nitrogens is 3. The SMILES string of the molecule is CCn1nc(C)c(Cl)c1CC(O)c1cnc(C)s1. The molecule has 98 valence electrons. The van der Waals surface area contributed by atoms with Crippen LogP contribution in [0.3, 0.4) is 0 Å². The number of nitrogens with zero attached hydrogens (tertiary/aromatic N) is 3. The van der Waals surface area contributed by atoms with Gasteiger partial charge in [-0.1, -0.05) is 11.6 Å². The van der Waals surface area contributed by atoms with Gasteiger partial charge in [-0.15, -0.1) is 11.3 Å². The van der Waals surface area contributed by atoms with Gasteiger partial charge in [0.15, 0.2) is 0 Å². The van der Waals surface area contributed by atoms with Crippen molar-refractivity contribution >= 4 is 22.9 Å². The summed E-state index contributed by atoms with van der Waals surface area (Å²) in [5, 5.41) is 16.2. The van der Waals surface area contributed by atoms with E-state index in [0.717, 1.165) is 27.8 Å².